The first kappa shape index (κ1) is 16.2. The molecule has 3 N–H and O–H groups in total. The summed E-state index contributed by atoms with van der Waals surface area (Å²) in [7, 11) is 3.80. The van der Waals surface area contributed by atoms with Crippen molar-refractivity contribution < 1.29 is 9.94 Å². The molecule has 0 aromatic heterocycles. The Labute approximate surface area is 105 Å². The highest BCUT2D eigenvalue weighted by atomic mass is 16.5. The summed E-state index contributed by atoms with van der Waals surface area (Å²) in [4.78, 5) is 2.26. The van der Waals surface area contributed by atoms with Crippen LogP contribution in [0.4, 0.5) is 0 Å². The van der Waals surface area contributed by atoms with E-state index in [1.807, 2.05) is 13.8 Å². The first-order chi connectivity index (χ1) is 7.85. The van der Waals surface area contributed by atoms with Crippen molar-refractivity contribution in [3.05, 3.63) is 0 Å². The Kier molecular flexibility index (Phi) is 7.15. The van der Waals surface area contributed by atoms with Gasteiger partial charge in [0, 0.05) is 18.6 Å². The van der Waals surface area contributed by atoms with Crippen LogP contribution in [0.15, 0.2) is 5.16 Å². The highest BCUT2D eigenvalue weighted by Crippen LogP contribution is 2.22. The average molecular weight is 245 g/mol. The zero-order valence-corrected chi connectivity index (χ0v) is 11.7. The molecule has 0 amide bonds. The van der Waals surface area contributed by atoms with Crippen LogP contribution in [0.3, 0.4) is 0 Å². The Bertz CT molecular complexity index is 242. The van der Waals surface area contributed by atoms with Crippen LogP contribution < -0.4 is 5.73 Å². The summed E-state index contributed by atoms with van der Waals surface area (Å²) in [5.41, 5.74) is 5.39. The molecule has 0 saturated carbocycles. The van der Waals surface area contributed by atoms with Gasteiger partial charge in [0.25, 0.3) is 0 Å². The van der Waals surface area contributed by atoms with E-state index in [1.54, 1.807) is 7.11 Å². The van der Waals surface area contributed by atoms with Crippen molar-refractivity contribution >= 4 is 5.84 Å². The van der Waals surface area contributed by atoms with Gasteiger partial charge in [-0.25, -0.2) is 0 Å². The summed E-state index contributed by atoms with van der Waals surface area (Å²) < 4.78 is 5.11. The molecule has 1 atom stereocenters. The Balaban J connectivity index is 3.98. The molecule has 0 saturated heterocycles. The van der Waals surface area contributed by atoms with Gasteiger partial charge in [-0.05, 0) is 33.4 Å². The fraction of sp³-hybridized carbons (Fsp3) is 0.917. The van der Waals surface area contributed by atoms with Crippen LogP contribution in [-0.2, 0) is 4.74 Å². The minimum atomic E-state index is -0.250. The molecule has 0 rings (SSSR count). The van der Waals surface area contributed by atoms with E-state index in [9.17, 15) is 0 Å². The van der Waals surface area contributed by atoms with Crippen LogP contribution >= 0.6 is 0 Å². The minimum absolute atomic E-state index is 0.250. The minimum Gasteiger partial charge on any atom is -0.409 e. The van der Waals surface area contributed by atoms with E-state index in [4.69, 9.17) is 15.7 Å². The number of amidine groups is 1. The summed E-state index contributed by atoms with van der Waals surface area (Å²) in [6, 6.07) is 0.409. The van der Waals surface area contributed by atoms with E-state index in [0.29, 0.717) is 11.9 Å². The lowest BCUT2D eigenvalue weighted by Gasteiger charge is -2.27. The number of methoxy groups -OCH3 is 1. The molecule has 17 heavy (non-hydrogen) atoms. The van der Waals surface area contributed by atoms with Gasteiger partial charge in [-0.2, -0.15) is 0 Å². The van der Waals surface area contributed by atoms with Crippen LogP contribution in [0.1, 0.15) is 33.6 Å². The summed E-state index contributed by atoms with van der Waals surface area (Å²) >= 11 is 0. The molecule has 0 aliphatic heterocycles. The fourth-order valence-corrected chi connectivity index (χ4v) is 1.62. The molecular formula is C12H27N3O2. The average Bonchev–Trinajstić information content (AvgIpc) is 2.27. The van der Waals surface area contributed by atoms with Crippen LogP contribution in [0.5, 0.6) is 0 Å². The zero-order valence-electron chi connectivity index (χ0n) is 11.7. The number of nitrogens with two attached hydrogens (primary N) is 1. The van der Waals surface area contributed by atoms with Gasteiger partial charge >= 0.3 is 0 Å². The molecule has 0 heterocycles. The van der Waals surface area contributed by atoms with Crippen molar-refractivity contribution in [1.82, 2.24) is 4.90 Å². The molecule has 0 fully saturated rings. The topological polar surface area (TPSA) is 71.1 Å². The molecule has 1 unspecified atom stereocenters. The van der Waals surface area contributed by atoms with Crippen LogP contribution in [0.2, 0.25) is 0 Å². The molecule has 0 aliphatic carbocycles. The smallest absolute Gasteiger partial charge is 0.144 e. The highest BCUT2D eigenvalue weighted by molar-refractivity contribution is 5.85. The van der Waals surface area contributed by atoms with Crippen LogP contribution in [0, 0.1) is 5.41 Å². The van der Waals surface area contributed by atoms with Gasteiger partial charge in [0.1, 0.15) is 5.84 Å². The van der Waals surface area contributed by atoms with E-state index in [-0.39, 0.29) is 5.41 Å². The number of likely N-dealkylation sites (N-methyl/N-ethyl adjacent to an activating group) is 1. The second-order valence-corrected chi connectivity index (χ2v) is 5.26. The molecule has 0 aromatic rings. The Hall–Kier alpha value is -0.810. The van der Waals surface area contributed by atoms with Crippen molar-refractivity contribution in [2.24, 2.45) is 16.3 Å². The van der Waals surface area contributed by atoms with Crippen molar-refractivity contribution in [3.8, 4) is 0 Å². The molecule has 0 aliphatic rings. The fourth-order valence-electron chi connectivity index (χ4n) is 1.62. The number of hydrogen-bond donors (Lipinski definition) is 2. The third-order valence-corrected chi connectivity index (χ3v) is 3.27. The molecule has 5 heteroatoms. The lowest BCUT2D eigenvalue weighted by atomic mass is 9.86. The van der Waals surface area contributed by atoms with Crippen molar-refractivity contribution in [2.45, 2.75) is 39.7 Å². The highest BCUT2D eigenvalue weighted by Gasteiger charge is 2.23. The van der Waals surface area contributed by atoms with Gasteiger partial charge in [-0.15, -0.1) is 0 Å². The molecule has 0 bridgehead atoms. The van der Waals surface area contributed by atoms with Crippen LogP contribution in [0.25, 0.3) is 0 Å². The number of rotatable bonds is 8. The molecule has 5 nitrogen and oxygen atoms in total. The van der Waals surface area contributed by atoms with Gasteiger partial charge in [0.2, 0.25) is 0 Å². The van der Waals surface area contributed by atoms with E-state index >= 15 is 0 Å². The molecule has 0 aromatic carbocycles. The zero-order chi connectivity index (χ0) is 13.5. The summed E-state index contributed by atoms with van der Waals surface area (Å²) in [5, 5.41) is 11.8. The lowest BCUT2D eigenvalue weighted by molar-refractivity contribution is 0.113. The quantitative estimate of drug-likeness (QED) is 0.294. The van der Waals surface area contributed by atoms with E-state index in [0.717, 1.165) is 26.0 Å². The number of hydrogen-bond acceptors (Lipinski definition) is 4. The maximum atomic E-state index is 8.67. The monoisotopic (exact) mass is 245 g/mol. The normalized spacial score (nSPS) is 15.3. The maximum absolute atomic E-state index is 8.67. The number of nitrogens with zero attached hydrogens (tertiary/aromatic N) is 2. The standard InChI is InChI=1S/C12H27N3O2/c1-10(9-17-5)15(4)8-6-7-12(2,3)11(13)14-16/h10,16H,6-9H2,1-5H3,(H2,13,14). The Morgan fingerprint density at radius 2 is 2.12 bits per heavy atom. The van der Waals surface area contributed by atoms with E-state index in [2.05, 4.69) is 24.0 Å². The summed E-state index contributed by atoms with van der Waals surface area (Å²) in [6.45, 7) is 7.83. The third kappa shape index (κ3) is 5.89. The van der Waals surface area contributed by atoms with Crippen molar-refractivity contribution in [1.29, 1.82) is 0 Å². The number of oxime groups is 1. The molecule has 0 radical (unpaired) electrons. The summed E-state index contributed by atoms with van der Waals surface area (Å²) in [6.07, 6.45) is 1.90. The SMILES string of the molecule is COCC(C)N(C)CCCC(C)(C)C(N)=NO. The van der Waals surface area contributed by atoms with Crippen molar-refractivity contribution in [3.63, 3.8) is 0 Å². The van der Waals surface area contributed by atoms with E-state index in [1.165, 1.54) is 0 Å². The van der Waals surface area contributed by atoms with Crippen LogP contribution in [-0.4, -0.2) is 49.3 Å². The molecular weight excluding hydrogens is 218 g/mol. The predicted molar refractivity (Wildman–Crippen MR) is 70.4 cm³/mol. The van der Waals surface area contributed by atoms with Crippen molar-refractivity contribution in [2.75, 3.05) is 27.3 Å². The first-order valence-corrected chi connectivity index (χ1v) is 6.02. The second kappa shape index (κ2) is 7.50. The summed E-state index contributed by atoms with van der Waals surface area (Å²) in [5.74, 6) is 0.296. The Morgan fingerprint density at radius 3 is 2.59 bits per heavy atom. The lowest BCUT2D eigenvalue weighted by Crippen LogP contribution is -2.36. The van der Waals surface area contributed by atoms with E-state index < -0.39 is 0 Å². The largest absolute Gasteiger partial charge is 0.409 e. The van der Waals surface area contributed by atoms with Gasteiger partial charge in [-0.3, -0.25) is 0 Å². The Morgan fingerprint density at radius 1 is 1.53 bits per heavy atom. The number of ether oxygens (including phenoxy) is 1. The molecule has 102 valence electrons. The van der Waals surface area contributed by atoms with Gasteiger partial charge < -0.3 is 20.6 Å². The first-order valence-electron chi connectivity index (χ1n) is 6.02. The predicted octanol–water partition coefficient (Wildman–Crippen LogP) is 1.51. The maximum Gasteiger partial charge on any atom is 0.144 e. The second-order valence-electron chi connectivity index (χ2n) is 5.26. The van der Waals surface area contributed by atoms with Gasteiger partial charge in [0.05, 0.1) is 6.61 Å². The third-order valence-electron chi connectivity index (χ3n) is 3.27. The van der Waals surface area contributed by atoms with Gasteiger partial charge in [0.15, 0.2) is 0 Å². The molecule has 0 spiro atoms. The van der Waals surface area contributed by atoms with Gasteiger partial charge in [-0.1, -0.05) is 19.0 Å².